The molecule has 3 rings (SSSR count). The lowest BCUT2D eigenvalue weighted by Crippen LogP contribution is -2.41. The minimum atomic E-state index is -4.64. The molecule has 2 atom stereocenters. The van der Waals surface area contributed by atoms with Crippen molar-refractivity contribution in [1.82, 2.24) is 9.80 Å². The second-order valence-electron chi connectivity index (χ2n) is 5.94. The molecule has 2 saturated heterocycles. The van der Waals surface area contributed by atoms with E-state index in [0.717, 1.165) is 18.6 Å². The van der Waals surface area contributed by atoms with Crippen LogP contribution in [0.1, 0.15) is 12.0 Å². The molecular formula is C15H14F4N4O. The number of urea groups is 1. The number of alkyl halides is 3. The third kappa shape index (κ3) is 2.96. The highest BCUT2D eigenvalue weighted by Gasteiger charge is 2.43. The number of benzene rings is 1. The Kier molecular flexibility index (Phi) is 3.99. The SMILES string of the molecule is N#CN1C[C@H]2CCN(C(=O)Nc3ccc(C(F)(F)F)cc3F)[C@H]2C1. The predicted octanol–water partition coefficient (Wildman–Crippen LogP) is 2.86. The van der Waals surface area contributed by atoms with Crippen LogP contribution in [0.15, 0.2) is 18.2 Å². The Morgan fingerprint density at radius 1 is 1.33 bits per heavy atom. The van der Waals surface area contributed by atoms with E-state index in [4.69, 9.17) is 5.26 Å². The molecule has 2 fully saturated rings. The molecule has 0 saturated carbocycles. The summed E-state index contributed by atoms with van der Waals surface area (Å²) < 4.78 is 51.4. The molecule has 5 nitrogen and oxygen atoms in total. The van der Waals surface area contributed by atoms with E-state index in [1.165, 1.54) is 4.90 Å². The van der Waals surface area contributed by atoms with Gasteiger partial charge in [-0.25, -0.2) is 9.18 Å². The van der Waals surface area contributed by atoms with E-state index in [1.807, 2.05) is 6.19 Å². The molecule has 2 aliphatic rings. The standard InChI is InChI=1S/C15H14F4N4O/c16-11-5-10(15(17,18)19)1-2-12(11)21-14(24)23-4-3-9-6-22(8-20)7-13(9)23/h1-2,5,9,13H,3-4,6-7H2,(H,21,24)/t9-,13+/m1/s1. The molecule has 1 N–H and O–H groups in total. The number of hydrogen-bond acceptors (Lipinski definition) is 3. The molecule has 0 radical (unpaired) electrons. The van der Waals surface area contributed by atoms with E-state index in [0.29, 0.717) is 25.7 Å². The number of halogens is 4. The van der Waals surface area contributed by atoms with Gasteiger partial charge in [0.15, 0.2) is 6.19 Å². The summed E-state index contributed by atoms with van der Waals surface area (Å²) in [6.07, 6.45) is -1.86. The summed E-state index contributed by atoms with van der Waals surface area (Å²) >= 11 is 0. The fourth-order valence-electron chi connectivity index (χ4n) is 3.28. The number of anilines is 1. The molecule has 0 bridgehead atoms. The third-order valence-corrected chi connectivity index (χ3v) is 4.49. The van der Waals surface area contributed by atoms with E-state index in [1.54, 1.807) is 4.90 Å². The van der Waals surface area contributed by atoms with E-state index >= 15 is 0 Å². The van der Waals surface area contributed by atoms with Gasteiger partial charge in [0.2, 0.25) is 0 Å². The molecule has 0 spiro atoms. The number of nitrogens with zero attached hydrogens (tertiary/aromatic N) is 3. The Morgan fingerprint density at radius 2 is 2.08 bits per heavy atom. The number of hydrogen-bond donors (Lipinski definition) is 1. The van der Waals surface area contributed by atoms with Gasteiger partial charge in [0.05, 0.1) is 17.3 Å². The first-order valence-corrected chi connectivity index (χ1v) is 7.38. The van der Waals surface area contributed by atoms with Crippen molar-refractivity contribution in [3.05, 3.63) is 29.6 Å². The molecule has 0 aliphatic carbocycles. The lowest BCUT2D eigenvalue weighted by Gasteiger charge is -2.24. The van der Waals surface area contributed by atoms with Crippen molar-refractivity contribution in [2.24, 2.45) is 5.92 Å². The number of amides is 2. The molecule has 2 heterocycles. The Morgan fingerprint density at radius 3 is 2.71 bits per heavy atom. The maximum Gasteiger partial charge on any atom is 0.416 e. The van der Waals surface area contributed by atoms with Gasteiger partial charge < -0.3 is 15.1 Å². The largest absolute Gasteiger partial charge is 0.416 e. The van der Waals surface area contributed by atoms with Crippen molar-refractivity contribution >= 4 is 11.7 Å². The Hall–Kier alpha value is -2.50. The summed E-state index contributed by atoms with van der Waals surface area (Å²) in [5, 5.41) is 11.2. The fourth-order valence-corrected chi connectivity index (χ4v) is 3.28. The predicted molar refractivity (Wildman–Crippen MR) is 76.2 cm³/mol. The summed E-state index contributed by atoms with van der Waals surface area (Å²) in [5.74, 6) is -0.952. The normalized spacial score (nSPS) is 23.1. The molecule has 2 amide bonds. The third-order valence-electron chi connectivity index (χ3n) is 4.49. The van der Waals surface area contributed by atoms with Crippen LogP contribution in [-0.4, -0.2) is 41.5 Å². The first kappa shape index (κ1) is 16.4. The number of carbonyl (C=O) groups is 1. The smallest absolute Gasteiger partial charge is 0.319 e. The first-order chi connectivity index (χ1) is 11.3. The van der Waals surface area contributed by atoms with Gasteiger partial charge in [0, 0.05) is 25.6 Å². The van der Waals surface area contributed by atoms with Crippen LogP contribution in [0, 0.1) is 23.2 Å². The van der Waals surface area contributed by atoms with Gasteiger partial charge in [0.1, 0.15) is 5.82 Å². The molecular weight excluding hydrogens is 328 g/mol. The summed E-state index contributed by atoms with van der Waals surface area (Å²) in [6, 6.07) is 1.27. The van der Waals surface area contributed by atoms with Crippen molar-refractivity contribution in [1.29, 1.82) is 5.26 Å². The number of likely N-dealkylation sites (tertiary alicyclic amines) is 2. The van der Waals surface area contributed by atoms with Crippen LogP contribution in [-0.2, 0) is 6.18 Å². The van der Waals surface area contributed by atoms with Crippen LogP contribution >= 0.6 is 0 Å². The van der Waals surface area contributed by atoms with Crippen molar-refractivity contribution in [3.8, 4) is 6.19 Å². The molecule has 9 heteroatoms. The van der Waals surface area contributed by atoms with Crippen molar-refractivity contribution < 1.29 is 22.4 Å². The van der Waals surface area contributed by atoms with Crippen LogP contribution in [0.25, 0.3) is 0 Å². The monoisotopic (exact) mass is 342 g/mol. The van der Waals surface area contributed by atoms with Crippen LogP contribution in [0.3, 0.4) is 0 Å². The minimum Gasteiger partial charge on any atom is -0.319 e. The zero-order valence-electron chi connectivity index (χ0n) is 12.5. The van der Waals surface area contributed by atoms with Crippen LogP contribution in [0.4, 0.5) is 28.0 Å². The summed E-state index contributed by atoms with van der Waals surface area (Å²) in [5.41, 5.74) is -1.41. The van der Waals surface area contributed by atoms with Gasteiger partial charge in [-0.2, -0.15) is 18.4 Å². The molecule has 24 heavy (non-hydrogen) atoms. The summed E-state index contributed by atoms with van der Waals surface area (Å²) in [6.45, 7) is 1.48. The second-order valence-corrected chi connectivity index (χ2v) is 5.94. The van der Waals surface area contributed by atoms with Gasteiger partial charge in [-0.1, -0.05) is 0 Å². The highest BCUT2D eigenvalue weighted by Crippen LogP contribution is 2.33. The first-order valence-electron chi connectivity index (χ1n) is 7.38. The van der Waals surface area contributed by atoms with Crippen LogP contribution in [0.5, 0.6) is 0 Å². The average Bonchev–Trinajstić information content (AvgIpc) is 3.07. The molecule has 1 aromatic rings. The zero-order valence-corrected chi connectivity index (χ0v) is 12.5. The molecule has 1 aromatic carbocycles. The van der Waals surface area contributed by atoms with Crippen LogP contribution < -0.4 is 5.32 Å². The molecule has 2 aliphatic heterocycles. The highest BCUT2D eigenvalue weighted by molar-refractivity contribution is 5.90. The number of nitrogens with one attached hydrogen (secondary N) is 1. The van der Waals surface area contributed by atoms with Crippen molar-refractivity contribution in [2.75, 3.05) is 25.0 Å². The highest BCUT2D eigenvalue weighted by atomic mass is 19.4. The fraction of sp³-hybridized carbons (Fsp3) is 0.467. The van der Waals surface area contributed by atoms with Crippen LogP contribution in [0.2, 0.25) is 0 Å². The Balaban J connectivity index is 1.71. The molecule has 0 aromatic heterocycles. The van der Waals surface area contributed by atoms with Crippen molar-refractivity contribution in [3.63, 3.8) is 0 Å². The van der Waals surface area contributed by atoms with E-state index in [9.17, 15) is 22.4 Å². The minimum absolute atomic E-state index is 0.137. The van der Waals surface area contributed by atoms with E-state index in [2.05, 4.69) is 5.32 Å². The lowest BCUT2D eigenvalue weighted by atomic mass is 10.1. The average molecular weight is 342 g/mol. The quantitative estimate of drug-likeness (QED) is 0.631. The maximum absolute atomic E-state index is 13.8. The van der Waals surface area contributed by atoms with E-state index < -0.39 is 23.6 Å². The van der Waals surface area contributed by atoms with Gasteiger partial charge >= 0.3 is 12.2 Å². The van der Waals surface area contributed by atoms with Gasteiger partial charge in [-0.15, -0.1) is 0 Å². The zero-order chi connectivity index (χ0) is 17.5. The van der Waals surface area contributed by atoms with Gasteiger partial charge in [-0.3, -0.25) is 0 Å². The molecule has 0 unspecified atom stereocenters. The molecule has 128 valence electrons. The number of nitriles is 1. The second kappa shape index (κ2) is 5.85. The maximum atomic E-state index is 13.8. The summed E-state index contributed by atoms with van der Waals surface area (Å²) in [7, 11) is 0. The number of fused-ring (bicyclic) bond motifs is 1. The van der Waals surface area contributed by atoms with Crippen molar-refractivity contribution in [2.45, 2.75) is 18.6 Å². The topological polar surface area (TPSA) is 59.4 Å². The van der Waals surface area contributed by atoms with E-state index in [-0.39, 0.29) is 17.6 Å². The Bertz CT molecular complexity index is 700. The lowest BCUT2D eigenvalue weighted by molar-refractivity contribution is -0.137. The van der Waals surface area contributed by atoms with Gasteiger partial charge in [0.25, 0.3) is 0 Å². The number of rotatable bonds is 1. The Labute approximate surface area is 135 Å². The number of carbonyl (C=O) groups excluding carboxylic acids is 1. The van der Waals surface area contributed by atoms with Gasteiger partial charge in [-0.05, 0) is 24.6 Å². The summed E-state index contributed by atoms with van der Waals surface area (Å²) in [4.78, 5) is 15.4.